The van der Waals surface area contributed by atoms with Gasteiger partial charge in [0.2, 0.25) is 11.8 Å². The van der Waals surface area contributed by atoms with Gasteiger partial charge in [0.05, 0.1) is 11.8 Å². The molecule has 5 amide bonds. The summed E-state index contributed by atoms with van der Waals surface area (Å²) in [7, 11) is 1.57. The molecule has 226 valence electrons. The van der Waals surface area contributed by atoms with Crippen LogP contribution in [-0.4, -0.2) is 76.5 Å². The number of carbonyl (C=O) groups is 4. The van der Waals surface area contributed by atoms with Crippen LogP contribution in [0.25, 0.3) is 0 Å². The van der Waals surface area contributed by atoms with Gasteiger partial charge in [0.1, 0.15) is 11.6 Å². The predicted molar refractivity (Wildman–Crippen MR) is 157 cm³/mol. The fourth-order valence-corrected chi connectivity index (χ4v) is 6.70. The molecule has 1 aliphatic heterocycles. The third kappa shape index (κ3) is 5.58. The Bertz CT molecular complexity index is 1320. The van der Waals surface area contributed by atoms with Gasteiger partial charge in [-0.1, -0.05) is 25.1 Å². The van der Waals surface area contributed by atoms with E-state index in [2.05, 4.69) is 26.4 Å². The molecule has 0 bridgehead atoms. The number of nitrogens with zero attached hydrogens (tertiary/aromatic N) is 2. The molecular weight excluding hydrogens is 538 g/mol. The van der Waals surface area contributed by atoms with Gasteiger partial charge in [-0.25, -0.2) is 4.79 Å². The Balaban J connectivity index is 1.38. The van der Waals surface area contributed by atoms with Crippen LogP contribution in [-0.2, 0) is 27.2 Å². The van der Waals surface area contributed by atoms with Gasteiger partial charge in [-0.05, 0) is 79.5 Å². The highest BCUT2D eigenvalue weighted by molar-refractivity contribution is 6.65. The first-order valence-electron chi connectivity index (χ1n) is 14.8. The number of carbonyl (C=O) groups excluding carboxylic acids is 4. The van der Waals surface area contributed by atoms with E-state index in [4.69, 9.17) is 5.41 Å². The molecular formula is C30H41N7O5. The molecule has 4 aliphatic rings. The number of oxime groups is 1. The van der Waals surface area contributed by atoms with Crippen molar-refractivity contribution < 1.29 is 24.4 Å². The molecule has 0 spiro atoms. The summed E-state index contributed by atoms with van der Waals surface area (Å²) in [6, 6.07) is 4.34. The smallest absolute Gasteiger partial charge is 0.318 e. The van der Waals surface area contributed by atoms with Crippen molar-refractivity contribution >= 4 is 40.9 Å². The van der Waals surface area contributed by atoms with E-state index in [0.717, 1.165) is 36.8 Å². The number of amides is 5. The largest absolute Gasteiger partial charge is 0.410 e. The number of hydrogen-bond donors (Lipinski definition) is 6. The molecule has 1 saturated heterocycles. The van der Waals surface area contributed by atoms with Crippen LogP contribution in [0.4, 0.5) is 10.5 Å². The fraction of sp³-hybridized carbons (Fsp3) is 0.600. The summed E-state index contributed by atoms with van der Waals surface area (Å²) in [6.07, 6.45) is 4.65. The Morgan fingerprint density at radius 2 is 1.76 bits per heavy atom. The van der Waals surface area contributed by atoms with Crippen LogP contribution in [0.3, 0.4) is 0 Å². The van der Waals surface area contributed by atoms with Crippen LogP contribution < -0.4 is 21.3 Å². The van der Waals surface area contributed by atoms with Gasteiger partial charge in [0.15, 0.2) is 5.71 Å². The highest BCUT2D eigenvalue weighted by Crippen LogP contribution is 2.51. The van der Waals surface area contributed by atoms with E-state index in [1.807, 2.05) is 26.0 Å². The van der Waals surface area contributed by atoms with E-state index >= 15 is 0 Å². The van der Waals surface area contributed by atoms with Crippen LogP contribution in [0.5, 0.6) is 0 Å². The number of fused-ring (bicyclic) bond motifs is 1. The van der Waals surface area contributed by atoms with Crippen LogP contribution in [0.15, 0.2) is 23.4 Å². The molecule has 0 aromatic heterocycles. The average molecular weight is 580 g/mol. The average Bonchev–Trinajstić information content (AvgIpc) is 3.88. The Kier molecular flexibility index (Phi) is 8.00. The minimum atomic E-state index is -1.07. The van der Waals surface area contributed by atoms with Gasteiger partial charge >= 0.3 is 6.03 Å². The summed E-state index contributed by atoms with van der Waals surface area (Å²) in [5, 5.41) is 31.5. The summed E-state index contributed by atoms with van der Waals surface area (Å²) in [5.41, 5.74) is 0.632. The third-order valence-electron chi connectivity index (χ3n) is 9.30. The minimum absolute atomic E-state index is 0.0437. The number of benzene rings is 1. The molecule has 3 aliphatic carbocycles. The fourth-order valence-electron chi connectivity index (χ4n) is 6.70. The first-order valence-corrected chi connectivity index (χ1v) is 14.8. The molecule has 1 aromatic rings. The highest BCUT2D eigenvalue weighted by atomic mass is 16.4. The van der Waals surface area contributed by atoms with Crippen molar-refractivity contribution in [2.75, 3.05) is 18.9 Å². The molecule has 1 heterocycles. The quantitative estimate of drug-likeness (QED) is 0.133. The van der Waals surface area contributed by atoms with Crippen molar-refractivity contribution in [3.8, 4) is 0 Å². The SMILES string of the molecule is CNC(=O)C1(N2C[C@@H](C(C)C)NC2=O)Cc2ccc(NC(=O)[C@@H](NC(=O)/C(=N/O)C(C)=N)C(C3CC3)C3CC3)cc2C1. The number of likely N-dealkylation sites (N-methyl/N-ethyl adjacent to an activating group) is 1. The number of nitrogens with one attached hydrogen (secondary N) is 5. The molecule has 12 heteroatoms. The lowest BCUT2D eigenvalue weighted by atomic mass is 9.88. The maximum Gasteiger partial charge on any atom is 0.318 e. The Hall–Kier alpha value is -3.96. The molecule has 6 N–H and O–H groups in total. The van der Waals surface area contributed by atoms with E-state index in [0.29, 0.717) is 36.9 Å². The van der Waals surface area contributed by atoms with Crippen molar-refractivity contribution in [2.45, 2.75) is 76.9 Å². The molecule has 5 rings (SSSR count). The first kappa shape index (κ1) is 29.5. The van der Waals surface area contributed by atoms with Gasteiger partial charge in [-0.2, -0.15) is 0 Å². The topological polar surface area (TPSA) is 176 Å². The summed E-state index contributed by atoms with van der Waals surface area (Å²) in [4.78, 5) is 54.7. The van der Waals surface area contributed by atoms with E-state index in [-0.39, 0.29) is 41.4 Å². The third-order valence-corrected chi connectivity index (χ3v) is 9.30. The van der Waals surface area contributed by atoms with Crippen LogP contribution in [0, 0.1) is 29.1 Å². The summed E-state index contributed by atoms with van der Waals surface area (Å²) < 4.78 is 0. The molecule has 12 nitrogen and oxygen atoms in total. The zero-order valence-corrected chi connectivity index (χ0v) is 24.6. The first-order chi connectivity index (χ1) is 20.0. The van der Waals surface area contributed by atoms with Crippen LogP contribution in [0.1, 0.15) is 57.6 Å². The maximum atomic E-state index is 13.8. The summed E-state index contributed by atoms with van der Waals surface area (Å²) in [5.74, 6) is -0.524. The molecule has 1 aromatic carbocycles. The van der Waals surface area contributed by atoms with Gasteiger partial charge in [-0.3, -0.25) is 14.4 Å². The molecule has 3 fully saturated rings. The zero-order chi connectivity index (χ0) is 30.3. The van der Waals surface area contributed by atoms with Gasteiger partial charge in [-0.15, -0.1) is 0 Å². The monoisotopic (exact) mass is 579 g/mol. The lowest BCUT2D eigenvalue weighted by Crippen LogP contribution is -2.60. The summed E-state index contributed by atoms with van der Waals surface area (Å²) >= 11 is 0. The number of rotatable bonds is 11. The van der Waals surface area contributed by atoms with Crippen LogP contribution >= 0.6 is 0 Å². The molecule has 42 heavy (non-hydrogen) atoms. The van der Waals surface area contributed by atoms with Crippen molar-refractivity contribution in [3.63, 3.8) is 0 Å². The van der Waals surface area contributed by atoms with Gasteiger partial charge in [0, 0.05) is 32.1 Å². The molecule has 0 radical (unpaired) electrons. The Morgan fingerprint density at radius 1 is 1.12 bits per heavy atom. The van der Waals surface area contributed by atoms with Crippen molar-refractivity contribution in [3.05, 3.63) is 29.3 Å². The lowest BCUT2D eigenvalue weighted by molar-refractivity contribution is -0.130. The molecule has 3 atom stereocenters. The normalized spacial score (nSPS) is 24.3. The lowest BCUT2D eigenvalue weighted by Gasteiger charge is -2.36. The van der Waals surface area contributed by atoms with Crippen molar-refractivity contribution in [1.82, 2.24) is 20.9 Å². The maximum absolute atomic E-state index is 13.8. The van der Waals surface area contributed by atoms with Gasteiger partial charge < -0.3 is 36.8 Å². The summed E-state index contributed by atoms with van der Waals surface area (Å²) in [6.45, 7) is 5.85. The van der Waals surface area contributed by atoms with E-state index in [1.165, 1.54) is 6.92 Å². The van der Waals surface area contributed by atoms with Crippen molar-refractivity contribution in [1.29, 1.82) is 5.41 Å². The number of urea groups is 1. The standard InChI is InChI=1S/C30H41N7O5/c1-15(2)22-14-37(29(41)34-22)30(28(40)32-4)12-19-9-10-21(11-20(19)13-30)33-27(39)25(23(17-5-6-17)18-7-8-18)35-26(38)24(36-42)16(3)31/h9-11,15,17-18,22-23,25,31,42H,5-8,12-14H2,1-4H3,(H,32,40)(H,33,39)(H,34,41)(H,35,38)/b31-16?,36-24+/t22-,25-,30?/m0/s1. The van der Waals surface area contributed by atoms with E-state index in [9.17, 15) is 24.4 Å². The zero-order valence-electron chi connectivity index (χ0n) is 24.6. The van der Waals surface area contributed by atoms with E-state index < -0.39 is 23.2 Å². The predicted octanol–water partition coefficient (Wildman–Crippen LogP) is 2.05. The van der Waals surface area contributed by atoms with E-state index in [1.54, 1.807) is 18.0 Å². The van der Waals surface area contributed by atoms with Gasteiger partial charge in [0.25, 0.3) is 5.91 Å². The number of hydrogen-bond acceptors (Lipinski definition) is 7. The van der Waals surface area contributed by atoms with Crippen LogP contribution in [0.2, 0.25) is 0 Å². The molecule has 2 saturated carbocycles. The highest BCUT2D eigenvalue weighted by Gasteiger charge is 2.53. The second-order valence-corrected chi connectivity index (χ2v) is 12.6. The Labute approximate surface area is 245 Å². The molecule has 1 unspecified atom stereocenters. The van der Waals surface area contributed by atoms with Crippen molar-refractivity contribution in [2.24, 2.45) is 28.8 Å². The second kappa shape index (κ2) is 11.4. The number of anilines is 1. The Morgan fingerprint density at radius 3 is 2.29 bits per heavy atom. The minimum Gasteiger partial charge on any atom is -0.410 e. The second-order valence-electron chi connectivity index (χ2n) is 12.6.